The number of likely N-dealkylation sites (N-methyl/N-ethyl adjacent to an activating group) is 1. The maximum atomic E-state index is 12.5. The lowest BCUT2D eigenvalue weighted by molar-refractivity contribution is -0.0404. The van der Waals surface area contributed by atoms with Crippen LogP contribution in [0.15, 0.2) is 18.3 Å². The van der Waals surface area contributed by atoms with Gasteiger partial charge in [-0.05, 0) is 19.2 Å². The van der Waals surface area contributed by atoms with Crippen molar-refractivity contribution in [3.8, 4) is 5.75 Å². The van der Waals surface area contributed by atoms with Gasteiger partial charge in [0.1, 0.15) is 18.5 Å². The molecule has 0 radical (unpaired) electrons. The molecule has 4 nitrogen and oxygen atoms in total. The van der Waals surface area contributed by atoms with Crippen molar-refractivity contribution >= 4 is 0 Å². The highest BCUT2D eigenvalue weighted by Gasteiger charge is 2.18. The number of rotatable bonds is 3. The second-order valence-electron chi connectivity index (χ2n) is 3.88. The van der Waals surface area contributed by atoms with Crippen molar-refractivity contribution in [2.45, 2.75) is 6.10 Å². The summed E-state index contributed by atoms with van der Waals surface area (Å²) in [6, 6.07) is 2.85. The Morgan fingerprint density at radius 2 is 2.50 bits per heavy atom. The molecule has 2 rings (SSSR count). The van der Waals surface area contributed by atoms with Crippen molar-refractivity contribution in [3.05, 3.63) is 24.3 Å². The molecular weight excluding hydrogens is 211 g/mol. The van der Waals surface area contributed by atoms with Crippen molar-refractivity contribution in [2.75, 3.05) is 33.4 Å². The first-order valence-electron chi connectivity index (χ1n) is 5.28. The van der Waals surface area contributed by atoms with E-state index in [0.29, 0.717) is 12.4 Å². The van der Waals surface area contributed by atoms with Gasteiger partial charge in [-0.2, -0.15) is 4.39 Å². The molecule has 0 bridgehead atoms. The number of nitrogens with zero attached hydrogens (tertiary/aromatic N) is 2. The van der Waals surface area contributed by atoms with Crippen molar-refractivity contribution in [3.63, 3.8) is 0 Å². The molecule has 0 amide bonds. The van der Waals surface area contributed by atoms with Gasteiger partial charge in [-0.3, -0.25) is 0 Å². The number of hydrogen-bond acceptors (Lipinski definition) is 4. The molecule has 0 saturated carbocycles. The van der Waals surface area contributed by atoms with E-state index in [1.165, 1.54) is 12.3 Å². The number of pyridine rings is 1. The molecule has 0 spiro atoms. The van der Waals surface area contributed by atoms with Gasteiger partial charge in [-0.15, -0.1) is 0 Å². The van der Waals surface area contributed by atoms with Crippen LogP contribution in [-0.4, -0.2) is 49.3 Å². The Morgan fingerprint density at radius 3 is 3.19 bits per heavy atom. The Bertz CT molecular complexity index is 331. The maximum absolute atomic E-state index is 12.5. The third kappa shape index (κ3) is 3.15. The Kier molecular flexibility index (Phi) is 3.69. The average molecular weight is 226 g/mol. The largest absolute Gasteiger partial charge is 0.489 e. The van der Waals surface area contributed by atoms with Crippen LogP contribution in [-0.2, 0) is 4.74 Å². The number of halogens is 1. The van der Waals surface area contributed by atoms with E-state index in [1.54, 1.807) is 6.07 Å². The van der Waals surface area contributed by atoms with Crippen LogP contribution in [0.2, 0.25) is 0 Å². The number of ether oxygens (including phenoxy) is 2. The molecule has 5 heteroatoms. The van der Waals surface area contributed by atoms with Crippen LogP contribution in [0.1, 0.15) is 0 Å². The summed E-state index contributed by atoms with van der Waals surface area (Å²) in [5.74, 6) is 0.0687. The molecular formula is C11H15FN2O2. The Labute approximate surface area is 94.0 Å². The normalized spacial score (nSPS) is 22.0. The molecule has 16 heavy (non-hydrogen) atoms. The molecule has 2 heterocycles. The van der Waals surface area contributed by atoms with E-state index in [0.717, 1.165) is 19.7 Å². The van der Waals surface area contributed by atoms with E-state index >= 15 is 0 Å². The summed E-state index contributed by atoms with van der Waals surface area (Å²) in [4.78, 5) is 5.71. The van der Waals surface area contributed by atoms with Gasteiger partial charge in [0.15, 0.2) is 0 Å². The molecule has 1 aromatic heterocycles. The first-order chi connectivity index (χ1) is 7.74. The highest BCUT2D eigenvalue weighted by atomic mass is 19.1. The quantitative estimate of drug-likeness (QED) is 0.718. The number of hydrogen-bond donors (Lipinski definition) is 0. The van der Waals surface area contributed by atoms with E-state index in [1.807, 2.05) is 0 Å². The minimum absolute atomic E-state index is 0.0730. The summed E-state index contributed by atoms with van der Waals surface area (Å²) in [7, 11) is 2.05. The molecule has 1 saturated heterocycles. The van der Waals surface area contributed by atoms with E-state index in [-0.39, 0.29) is 6.10 Å². The highest BCUT2D eigenvalue weighted by Crippen LogP contribution is 2.10. The summed E-state index contributed by atoms with van der Waals surface area (Å²) in [6.45, 7) is 3.01. The van der Waals surface area contributed by atoms with Gasteiger partial charge < -0.3 is 14.4 Å². The third-order valence-corrected chi connectivity index (χ3v) is 2.48. The minimum atomic E-state index is -0.499. The molecule has 0 aliphatic carbocycles. The van der Waals surface area contributed by atoms with Crippen molar-refractivity contribution in [2.24, 2.45) is 0 Å². The summed E-state index contributed by atoms with van der Waals surface area (Å²) in [5.41, 5.74) is 0. The summed E-state index contributed by atoms with van der Waals surface area (Å²) < 4.78 is 23.5. The van der Waals surface area contributed by atoms with E-state index in [2.05, 4.69) is 16.9 Å². The molecule has 1 atom stereocenters. The Balaban J connectivity index is 1.80. The Hall–Kier alpha value is -1.20. The first-order valence-corrected chi connectivity index (χ1v) is 5.28. The first kappa shape index (κ1) is 11.3. The summed E-state index contributed by atoms with van der Waals surface area (Å²) >= 11 is 0. The Morgan fingerprint density at radius 1 is 1.62 bits per heavy atom. The van der Waals surface area contributed by atoms with Crippen LogP contribution in [0.3, 0.4) is 0 Å². The summed E-state index contributed by atoms with van der Waals surface area (Å²) in [5, 5.41) is 0. The van der Waals surface area contributed by atoms with Crippen molar-refractivity contribution in [1.82, 2.24) is 9.88 Å². The number of morpholine rings is 1. The second kappa shape index (κ2) is 5.23. The maximum Gasteiger partial charge on any atom is 0.213 e. The fourth-order valence-electron chi connectivity index (χ4n) is 1.60. The van der Waals surface area contributed by atoms with Gasteiger partial charge >= 0.3 is 0 Å². The van der Waals surface area contributed by atoms with Gasteiger partial charge in [0.2, 0.25) is 5.95 Å². The summed E-state index contributed by atoms with van der Waals surface area (Å²) in [6.07, 6.45) is 1.45. The molecule has 1 aliphatic rings. The predicted octanol–water partition coefficient (Wildman–Crippen LogP) is 0.930. The van der Waals surface area contributed by atoms with E-state index in [9.17, 15) is 4.39 Å². The number of aromatic nitrogens is 1. The van der Waals surface area contributed by atoms with E-state index in [4.69, 9.17) is 9.47 Å². The third-order valence-electron chi connectivity index (χ3n) is 2.48. The zero-order valence-electron chi connectivity index (χ0n) is 9.23. The van der Waals surface area contributed by atoms with Crippen LogP contribution < -0.4 is 4.74 Å². The zero-order valence-corrected chi connectivity index (χ0v) is 9.23. The van der Waals surface area contributed by atoms with Crippen LogP contribution >= 0.6 is 0 Å². The van der Waals surface area contributed by atoms with Gasteiger partial charge in [-0.1, -0.05) is 0 Å². The predicted molar refractivity (Wildman–Crippen MR) is 56.9 cm³/mol. The monoisotopic (exact) mass is 226 g/mol. The van der Waals surface area contributed by atoms with Crippen LogP contribution in [0.4, 0.5) is 4.39 Å². The van der Waals surface area contributed by atoms with Crippen molar-refractivity contribution in [1.29, 1.82) is 0 Å². The lowest BCUT2D eigenvalue weighted by atomic mass is 10.3. The van der Waals surface area contributed by atoms with Gasteiger partial charge in [0, 0.05) is 13.1 Å². The molecule has 0 aromatic carbocycles. The van der Waals surface area contributed by atoms with E-state index < -0.39 is 5.95 Å². The van der Waals surface area contributed by atoms with Gasteiger partial charge in [0.25, 0.3) is 0 Å². The standard InChI is InChI=1S/C11H15FN2O2/c1-14-4-5-15-10(7-14)8-16-9-2-3-11(12)13-6-9/h2-3,6,10H,4-5,7-8H2,1H3. The fourth-order valence-corrected chi connectivity index (χ4v) is 1.60. The van der Waals surface area contributed by atoms with Gasteiger partial charge in [0.05, 0.1) is 12.8 Å². The topological polar surface area (TPSA) is 34.6 Å². The molecule has 1 aliphatic heterocycles. The lowest BCUT2D eigenvalue weighted by Crippen LogP contribution is -2.42. The minimum Gasteiger partial charge on any atom is -0.489 e. The molecule has 1 unspecified atom stereocenters. The van der Waals surface area contributed by atoms with Crippen LogP contribution in [0.5, 0.6) is 5.75 Å². The molecule has 1 fully saturated rings. The molecule has 1 aromatic rings. The van der Waals surface area contributed by atoms with Gasteiger partial charge in [-0.25, -0.2) is 4.98 Å². The fraction of sp³-hybridized carbons (Fsp3) is 0.545. The lowest BCUT2D eigenvalue weighted by Gasteiger charge is -2.29. The zero-order chi connectivity index (χ0) is 11.4. The second-order valence-corrected chi connectivity index (χ2v) is 3.88. The van der Waals surface area contributed by atoms with Crippen molar-refractivity contribution < 1.29 is 13.9 Å². The SMILES string of the molecule is CN1CCOC(COc2ccc(F)nc2)C1. The average Bonchev–Trinajstić information content (AvgIpc) is 2.28. The highest BCUT2D eigenvalue weighted by molar-refractivity contribution is 5.16. The molecule has 88 valence electrons. The van der Waals surface area contributed by atoms with Crippen LogP contribution in [0, 0.1) is 5.95 Å². The smallest absolute Gasteiger partial charge is 0.213 e. The van der Waals surface area contributed by atoms with Crippen LogP contribution in [0.25, 0.3) is 0 Å². The molecule has 0 N–H and O–H groups in total.